The molecule has 0 aliphatic heterocycles. The molecule has 18 heavy (non-hydrogen) atoms. The number of anilines is 1. The van der Waals surface area contributed by atoms with E-state index in [1.54, 1.807) is 7.11 Å². The summed E-state index contributed by atoms with van der Waals surface area (Å²) in [6.45, 7) is 4.90. The SMILES string of the molecule is CNCCC(=O)Nc1cc(C(C)C)ccc1OC. The molecule has 0 spiro atoms. The van der Waals surface area contributed by atoms with E-state index in [2.05, 4.69) is 24.5 Å². The van der Waals surface area contributed by atoms with Crippen molar-refractivity contribution < 1.29 is 9.53 Å². The van der Waals surface area contributed by atoms with Gasteiger partial charge in [-0.05, 0) is 30.7 Å². The zero-order chi connectivity index (χ0) is 13.5. The van der Waals surface area contributed by atoms with Crippen LogP contribution in [-0.2, 0) is 4.79 Å². The van der Waals surface area contributed by atoms with Gasteiger partial charge in [0.1, 0.15) is 5.75 Å². The first-order valence-corrected chi connectivity index (χ1v) is 6.21. The van der Waals surface area contributed by atoms with Crippen LogP contribution in [-0.4, -0.2) is 26.6 Å². The van der Waals surface area contributed by atoms with Gasteiger partial charge in [-0.25, -0.2) is 0 Å². The Bertz CT molecular complexity index is 403. The number of rotatable bonds is 6. The van der Waals surface area contributed by atoms with E-state index in [9.17, 15) is 4.79 Å². The van der Waals surface area contributed by atoms with Gasteiger partial charge in [-0.3, -0.25) is 4.79 Å². The maximum Gasteiger partial charge on any atom is 0.225 e. The van der Waals surface area contributed by atoms with E-state index in [0.29, 0.717) is 24.6 Å². The normalized spacial score (nSPS) is 10.5. The molecule has 4 nitrogen and oxygen atoms in total. The van der Waals surface area contributed by atoms with Gasteiger partial charge >= 0.3 is 0 Å². The molecule has 0 aliphatic carbocycles. The Morgan fingerprint density at radius 3 is 2.67 bits per heavy atom. The van der Waals surface area contributed by atoms with Crippen LogP contribution in [0.3, 0.4) is 0 Å². The molecule has 1 aromatic rings. The topological polar surface area (TPSA) is 50.4 Å². The van der Waals surface area contributed by atoms with Crippen LogP contribution >= 0.6 is 0 Å². The summed E-state index contributed by atoms with van der Waals surface area (Å²) in [5.41, 5.74) is 1.92. The Balaban J connectivity index is 2.84. The van der Waals surface area contributed by atoms with Crippen LogP contribution in [0.5, 0.6) is 5.75 Å². The molecule has 0 radical (unpaired) electrons. The highest BCUT2D eigenvalue weighted by molar-refractivity contribution is 5.92. The molecule has 0 fully saturated rings. The minimum Gasteiger partial charge on any atom is -0.495 e. The lowest BCUT2D eigenvalue weighted by molar-refractivity contribution is -0.116. The highest BCUT2D eigenvalue weighted by atomic mass is 16.5. The van der Waals surface area contributed by atoms with Gasteiger partial charge in [0.2, 0.25) is 5.91 Å². The van der Waals surface area contributed by atoms with Gasteiger partial charge in [0, 0.05) is 13.0 Å². The van der Waals surface area contributed by atoms with E-state index in [1.165, 1.54) is 5.56 Å². The summed E-state index contributed by atoms with van der Waals surface area (Å²) in [6, 6.07) is 5.89. The molecule has 0 bridgehead atoms. The number of hydrogen-bond acceptors (Lipinski definition) is 3. The Kier molecular flexibility index (Phi) is 5.65. The van der Waals surface area contributed by atoms with Gasteiger partial charge in [0.05, 0.1) is 12.8 Å². The summed E-state index contributed by atoms with van der Waals surface area (Å²) < 4.78 is 5.26. The van der Waals surface area contributed by atoms with Crippen molar-refractivity contribution in [3.63, 3.8) is 0 Å². The molecule has 0 aromatic heterocycles. The molecule has 0 atom stereocenters. The summed E-state index contributed by atoms with van der Waals surface area (Å²) in [7, 11) is 3.43. The Morgan fingerprint density at radius 2 is 2.11 bits per heavy atom. The summed E-state index contributed by atoms with van der Waals surface area (Å²) in [5, 5.41) is 5.84. The van der Waals surface area contributed by atoms with Gasteiger partial charge in [-0.15, -0.1) is 0 Å². The fourth-order valence-electron chi connectivity index (χ4n) is 1.63. The molecular weight excluding hydrogens is 228 g/mol. The van der Waals surface area contributed by atoms with E-state index < -0.39 is 0 Å². The monoisotopic (exact) mass is 250 g/mol. The third-order valence-electron chi connectivity index (χ3n) is 2.77. The van der Waals surface area contributed by atoms with E-state index >= 15 is 0 Å². The van der Waals surface area contributed by atoms with Gasteiger partial charge in [0.25, 0.3) is 0 Å². The van der Waals surface area contributed by atoms with Crippen LogP contribution in [0.1, 0.15) is 31.7 Å². The predicted octanol–water partition coefficient (Wildman–Crippen LogP) is 2.37. The number of benzene rings is 1. The van der Waals surface area contributed by atoms with Crippen LogP contribution in [0.2, 0.25) is 0 Å². The minimum atomic E-state index is -0.0106. The van der Waals surface area contributed by atoms with Crippen molar-refractivity contribution in [3.8, 4) is 5.75 Å². The number of methoxy groups -OCH3 is 1. The number of carbonyl (C=O) groups excluding carboxylic acids is 1. The van der Waals surface area contributed by atoms with E-state index in [4.69, 9.17) is 4.74 Å². The van der Waals surface area contributed by atoms with Crippen LogP contribution in [0, 0.1) is 0 Å². The maximum atomic E-state index is 11.7. The van der Waals surface area contributed by atoms with Crippen molar-refractivity contribution >= 4 is 11.6 Å². The number of hydrogen-bond donors (Lipinski definition) is 2. The first kappa shape index (κ1) is 14.5. The molecule has 0 unspecified atom stereocenters. The molecule has 4 heteroatoms. The molecule has 1 amide bonds. The molecular formula is C14H22N2O2. The fourth-order valence-corrected chi connectivity index (χ4v) is 1.63. The predicted molar refractivity (Wildman–Crippen MR) is 74.3 cm³/mol. The zero-order valence-corrected chi connectivity index (χ0v) is 11.5. The molecule has 0 aliphatic rings. The van der Waals surface area contributed by atoms with Crippen LogP contribution in [0.4, 0.5) is 5.69 Å². The van der Waals surface area contributed by atoms with E-state index in [-0.39, 0.29) is 5.91 Å². The maximum absolute atomic E-state index is 11.7. The Labute approximate surface area is 109 Å². The highest BCUT2D eigenvalue weighted by Gasteiger charge is 2.09. The standard InChI is InChI=1S/C14H22N2O2/c1-10(2)11-5-6-13(18-4)12(9-11)16-14(17)7-8-15-3/h5-6,9-10,15H,7-8H2,1-4H3,(H,16,17). The molecule has 0 heterocycles. The van der Waals surface area contributed by atoms with E-state index in [1.807, 2.05) is 25.2 Å². The summed E-state index contributed by atoms with van der Waals surface area (Å²) in [5.74, 6) is 1.10. The second-order valence-electron chi connectivity index (χ2n) is 4.52. The Morgan fingerprint density at radius 1 is 1.39 bits per heavy atom. The summed E-state index contributed by atoms with van der Waals surface area (Å²) >= 11 is 0. The first-order chi connectivity index (χ1) is 8.58. The third-order valence-corrected chi connectivity index (χ3v) is 2.77. The molecule has 2 N–H and O–H groups in total. The lowest BCUT2D eigenvalue weighted by Gasteiger charge is -2.13. The van der Waals surface area contributed by atoms with Crippen molar-refractivity contribution in [1.82, 2.24) is 5.32 Å². The second-order valence-corrected chi connectivity index (χ2v) is 4.52. The molecule has 0 saturated carbocycles. The molecule has 100 valence electrons. The largest absolute Gasteiger partial charge is 0.495 e. The quantitative estimate of drug-likeness (QED) is 0.815. The number of nitrogens with one attached hydrogen (secondary N) is 2. The minimum absolute atomic E-state index is 0.0106. The van der Waals surface area contributed by atoms with Crippen molar-refractivity contribution in [1.29, 1.82) is 0 Å². The van der Waals surface area contributed by atoms with Crippen molar-refractivity contribution in [2.24, 2.45) is 0 Å². The van der Waals surface area contributed by atoms with Gasteiger partial charge in [-0.2, -0.15) is 0 Å². The highest BCUT2D eigenvalue weighted by Crippen LogP contribution is 2.28. The third kappa shape index (κ3) is 4.04. The smallest absolute Gasteiger partial charge is 0.225 e. The first-order valence-electron chi connectivity index (χ1n) is 6.21. The van der Waals surface area contributed by atoms with Crippen LogP contribution < -0.4 is 15.4 Å². The van der Waals surface area contributed by atoms with Crippen molar-refractivity contribution in [2.75, 3.05) is 26.0 Å². The number of amides is 1. The Hall–Kier alpha value is -1.55. The number of carbonyl (C=O) groups is 1. The molecule has 1 aromatic carbocycles. The van der Waals surface area contributed by atoms with Gasteiger partial charge < -0.3 is 15.4 Å². The number of ether oxygens (including phenoxy) is 1. The fraction of sp³-hybridized carbons (Fsp3) is 0.500. The van der Waals surface area contributed by atoms with E-state index in [0.717, 1.165) is 5.69 Å². The molecule has 1 rings (SSSR count). The average Bonchev–Trinajstić information content (AvgIpc) is 2.36. The summed E-state index contributed by atoms with van der Waals surface area (Å²) in [6.07, 6.45) is 0.450. The van der Waals surface area contributed by atoms with Gasteiger partial charge in [0.15, 0.2) is 0 Å². The lowest BCUT2D eigenvalue weighted by atomic mass is 10.0. The molecule has 0 saturated heterocycles. The van der Waals surface area contributed by atoms with Crippen molar-refractivity contribution in [3.05, 3.63) is 23.8 Å². The van der Waals surface area contributed by atoms with Crippen LogP contribution in [0.25, 0.3) is 0 Å². The summed E-state index contributed by atoms with van der Waals surface area (Å²) in [4.78, 5) is 11.7. The van der Waals surface area contributed by atoms with Gasteiger partial charge in [-0.1, -0.05) is 19.9 Å². The average molecular weight is 250 g/mol. The lowest BCUT2D eigenvalue weighted by Crippen LogP contribution is -2.19. The zero-order valence-electron chi connectivity index (χ0n) is 11.5. The van der Waals surface area contributed by atoms with Crippen LogP contribution in [0.15, 0.2) is 18.2 Å². The van der Waals surface area contributed by atoms with Crippen molar-refractivity contribution in [2.45, 2.75) is 26.2 Å². The second kappa shape index (κ2) is 7.01.